The molecule has 2 N–H and O–H groups in total. The summed E-state index contributed by atoms with van der Waals surface area (Å²) in [5.41, 5.74) is 0.606. The lowest BCUT2D eigenvalue weighted by atomic mass is 10.2. The van der Waals surface area contributed by atoms with Gasteiger partial charge in [0, 0.05) is 35.1 Å². The van der Waals surface area contributed by atoms with Crippen LogP contribution in [0.5, 0.6) is 0 Å². The first-order valence-electron chi connectivity index (χ1n) is 5.51. The van der Waals surface area contributed by atoms with E-state index in [4.69, 9.17) is 28.3 Å². The van der Waals surface area contributed by atoms with Crippen LogP contribution in [-0.4, -0.2) is 31.0 Å². The van der Waals surface area contributed by atoms with E-state index in [2.05, 4.69) is 0 Å². The summed E-state index contributed by atoms with van der Waals surface area (Å²) in [6.07, 6.45) is -0.0963. The highest BCUT2D eigenvalue weighted by molar-refractivity contribution is 7.89. The maximum absolute atomic E-state index is 11.8. The number of amides is 1. The molecule has 0 spiro atoms. The van der Waals surface area contributed by atoms with Crippen molar-refractivity contribution in [3.05, 3.63) is 33.8 Å². The van der Waals surface area contributed by atoms with Crippen molar-refractivity contribution >= 4 is 39.1 Å². The molecule has 0 bridgehead atoms. The Bertz CT molecular complexity index is 598. The summed E-state index contributed by atoms with van der Waals surface area (Å²) in [6.45, 7) is 0.253. The predicted molar refractivity (Wildman–Crippen MR) is 73.4 cm³/mol. The fourth-order valence-corrected chi connectivity index (χ4v) is 3.26. The molecule has 1 unspecified atom stereocenters. The van der Waals surface area contributed by atoms with E-state index in [1.165, 1.54) is 4.90 Å². The van der Waals surface area contributed by atoms with Crippen LogP contribution < -0.4 is 5.14 Å². The highest BCUT2D eigenvalue weighted by atomic mass is 35.5. The number of carbonyl (C=O) groups is 1. The largest absolute Gasteiger partial charge is 0.337 e. The molecule has 1 saturated heterocycles. The van der Waals surface area contributed by atoms with Crippen LogP contribution in [0, 0.1) is 0 Å². The SMILES string of the molecule is NS(=O)(=O)C1CC(=O)N(Cc2c(Cl)cccc2Cl)C1. The molecule has 0 saturated carbocycles. The van der Waals surface area contributed by atoms with E-state index in [1.807, 2.05) is 0 Å². The Morgan fingerprint density at radius 1 is 1.32 bits per heavy atom. The number of carbonyl (C=O) groups excluding carboxylic acids is 1. The van der Waals surface area contributed by atoms with Crippen molar-refractivity contribution in [3.8, 4) is 0 Å². The number of nitrogens with two attached hydrogens (primary N) is 1. The quantitative estimate of drug-likeness (QED) is 0.912. The minimum atomic E-state index is -3.71. The molecule has 1 aromatic rings. The number of sulfonamides is 1. The van der Waals surface area contributed by atoms with Gasteiger partial charge in [-0.25, -0.2) is 13.6 Å². The van der Waals surface area contributed by atoms with Gasteiger partial charge in [-0.05, 0) is 12.1 Å². The summed E-state index contributed by atoms with van der Waals surface area (Å²) < 4.78 is 22.5. The molecule has 1 aliphatic heterocycles. The molecule has 1 heterocycles. The molecule has 5 nitrogen and oxygen atoms in total. The van der Waals surface area contributed by atoms with Crippen molar-refractivity contribution in [3.63, 3.8) is 0 Å². The first-order valence-corrected chi connectivity index (χ1v) is 7.88. The lowest BCUT2D eigenvalue weighted by Crippen LogP contribution is -2.32. The number of halogens is 2. The zero-order chi connectivity index (χ0) is 14.2. The molecular weight excluding hydrogens is 311 g/mol. The van der Waals surface area contributed by atoms with Crippen LogP contribution >= 0.6 is 23.2 Å². The van der Waals surface area contributed by atoms with Gasteiger partial charge in [-0.1, -0.05) is 29.3 Å². The van der Waals surface area contributed by atoms with Gasteiger partial charge in [0.15, 0.2) is 0 Å². The van der Waals surface area contributed by atoms with Crippen molar-refractivity contribution in [2.75, 3.05) is 6.54 Å². The van der Waals surface area contributed by atoms with Crippen LogP contribution in [-0.2, 0) is 21.4 Å². The smallest absolute Gasteiger partial charge is 0.224 e. The van der Waals surface area contributed by atoms with Crippen LogP contribution in [0.15, 0.2) is 18.2 Å². The Kier molecular flexibility index (Phi) is 4.06. The molecule has 1 fully saturated rings. The van der Waals surface area contributed by atoms with Crippen molar-refractivity contribution in [2.45, 2.75) is 18.2 Å². The minimum absolute atomic E-state index is 0.0687. The second-order valence-corrected chi connectivity index (χ2v) is 7.05. The fraction of sp³-hybridized carbons (Fsp3) is 0.364. The van der Waals surface area contributed by atoms with Crippen molar-refractivity contribution in [1.82, 2.24) is 4.90 Å². The van der Waals surface area contributed by atoms with Crippen LogP contribution in [0.1, 0.15) is 12.0 Å². The first kappa shape index (κ1) is 14.6. The van der Waals surface area contributed by atoms with Gasteiger partial charge in [0.1, 0.15) is 5.25 Å². The topological polar surface area (TPSA) is 80.5 Å². The van der Waals surface area contributed by atoms with Gasteiger partial charge in [0.25, 0.3) is 0 Å². The Hall–Kier alpha value is -0.820. The second kappa shape index (κ2) is 5.28. The van der Waals surface area contributed by atoms with Gasteiger partial charge in [-0.2, -0.15) is 0 Å². The van der Waals surface area contributed by atoms with Gasteiger partial charge in [-0.15, -0.1) is 0 Å². The van der Waals surface area contributed by atoms with Gasteiger partial charge >= 0.3 is 0 Å². The van der Waals surface area contributed by atoms with Crippen LogP contribution in [0.4, 0.5) is 0 Å². The third kappa shape index (κ3) is 3.20. The molecule has 1 aliphatic rings. The average Bonchev–Trinajstić information content (AvgIpc) is 2.65. The monoisotopic (exact) mass is 322 g/mol. The Morgan fingerprint density at radius 3 is 2.37 bits per heavy atom. The zero-order valence-corrected chi connectivity index (χ0v) is 12.2. The van der Waals surface area contributed by atoms with E-state index < -0.39 is 15.3 Å². The predicted octanol–water partition coefficient (Wildman–Crippen LogP) is 1.38. The maximum atomic E-state index is 11.8. The summed E-state index contributed by atoms with van der Waals surface area (Å²) >= 11 is 12.0. The summed E-state index contributed by atoms with van der Waals surface area (Å²) in [7, 11) is -3.71. The van der Waals surface area contributed by atoms with Gasteiger partial charge in [-0.3, -0.25) is 4.79 Å². The van der Waals surface area contributed by atoms with E-state index in [-0.39, 0.29) is 25.4 Å². The van der Waals surface area contributed by atoms with E-state index >= 15 is 0 Å². The summed E-state index contributed by atoms with van der Waals surface area (Å²) in [5, 5.41) is 5.09. The fourth-order valence-electron chi connectivity index (χ4n) is 1.98. The highest BCUT2D eigenvalue weighted by Crippen LogP contribution is 2.28. The first-order chi connectivity index (χ1) is 8.79. The molecule has 19 heavy (non-hydrogen) atoms. The Labute approximate surface area is 121 Å². The van der Waals surface area contributed by atoms with Gasteiger partial charge in [0.05, 0.1) is 0 Å². The standard InChI is InChI=1S/C11H12Cl2N2O3S/c12-9-2-1-3-10(13)8(9)6-15-5-7(4-11(15)16)19(14,17)18/h1-3,7H,4-6H2,(H2,14,17,18). The van der Waals surface area contributed by atoms with E-state index in [0.717, 1.165) is 0 Å². The summed E-state index contributed by atoms with van der Waals surface area (Å²) in [4.78, 5) is 13.2. The van der Waals surface area contributed by atoms with E-state index in [1.54, 1.807) is 18.2 Å². The molecule has 1 aromatic carbocycles. The molecule has 0 radical (unpaired) electrons. The van der Waals surface area contributed by atoms with Crippen LogP contribution in [0.3, 0.4) is 0 Å². The van der Waals surface area contributed by atoms with Gasteiger partial charge in [0.2, 0.25) is 15.9 Å². The van der Waals surface area contributed by atoms with Gasteiger partial charge < -0.3 is 4.90 Å². The number of hydrogen-bond acceptors (Lipinski definition) is 3. The number of likely N-dealkylation sites (tertiary alicyclic amines) is 1. The lowest BCUT2D eigenvalue weighted by molar-refractivity contribution is -0.128. The maximum Gasteiger partial charge on any atom is 0.224 e. The molecular formula is C11H12Cl2N2O3S. The average molecular weight is 323 g/mol. The molecule has 0 aromatic heterocycles. The third-order valence-electron chi connectivity index (χ3n) is 3.05. The number of benzene rings is 1. The molecule has 1 amide bonds. The van der Waals surface area contributed by atoms with Crippen LogP contribution in [0.25, 0.3) is 0 Å². The third-order valence-corrected chi connectivity index (χ3v) is 5.01. The molecule has 8 heteroatoms. The summed E-state index contributed by atoms with van der Waals surface area (Å²) in [6, 6.07) is 5.04. The zero-order valence-electron chi connectivity index (χ0n) is 9.84. The summed E-state index contributed by atoms with van der Waals surface area (Å²) in [5.74, 6) is -0.269. The number of rotatable bonds is 3. The lowest BCUT2D eigenvalue weighted by Gasteiger charge is -2.18. The number of hydrogen-bond donors (Lipinski definition) is 1. The normalized spacial score (nSPS) is 20.1. The Balaban J connectivity index is 2.19. The van der Waals surface area contributed by atoms with Crippen LogP contribution in [0.2, 0.25) is 10.0 Å². The second-order valence-electron chi connectivity index (χ2n) is 4.39. The number of primary sulfonamides is 1. The van der Waals surface area contributed by atoms with Crippen molar-refractivity contribution in [1.29, 1.82) is 0 Å². The molecule has 1 atom stereocenters. The number of nitrogens with zero attached hydrogens (tertiary/aromatic N) is 1. The van der Waals surface area contributed by atoms with E-state index in [0.29, 0.717) is 15.6 Å². The van der Waals surface area contributed by atoms with Crippen molar-refractivity contribution in [2.24, 2.45) is 5.14 Å². The molecule has 2 rings (SSSR count). The van der Waals surface area contributed by atoms with Crippen molar-refractivity contribution < 1.29 is 13.2 Å². The highest BCUT2D eigenvalue weighted by Gasteiger charge is 2.36. The Morgan fingerprint density at radius 2 is 1.89 bits per heavy atom. The molecule has 104 valence electrons. The molecule has 0 aliphatic carbocycles. The van der Waals surface area contributed by atoms with E-state index in [9.17, 15) is 13.2 Å². The minimum Gasteiger partial charge on any atom is -0.337 e.